The predicted octanol–water partition coefficient (Wildman–Crippen LogP) is 0.964. The first-order chi connectivity index (χ1) is 11.6. The molecule has 0 radical (unpaired) electrons. The largest absolute Gasteiger partial charge is 0.481 e. The Morgan fingerprint density at radius 1 is 1.17 bits per heavy atom. The van der Waals surface area contributed by atoms with E-state index in [4.69, 9.17) is 5.11 Å². The predicted molar refractivity (Wildman–Crippen MR) is 84.4 cm³/mol. The smallest absolute Gasteiger partial charge is 0.306 e. The Morgan fingerprint density at radius 2 is 1.88 bits per heavy atom. The number of tetrazole rings is 1. The quantitative estimate of drug-likeness (QED) is 0.845. The van der Waals surface area contributed by atoms with Crippen molar-refractivity contribution in [1.82, 2.24) is 25.5 Å². The second-order valence-electron chi connectivity index (χ2n) is 6.05. The topological polar surface area (TPSA) is 110 Å². The average Bonchev–Trinajstić information content (AvgIpc) is 3.10. The molecule has 126 valence electrons. The number of aromatic nitrogens is 4. The lowest BCUT2D eigenvalue weighted by Gasteiger charge is -2.26. The van der Waals surface area contributed by atoms with Crippen LogP contribution in [0.25, 0.3) is 5.69 Å². The number of benzene rings is 1. The molecule has 1 heterocycles. The zero-order valence-corrected chi connectivity index (χ0v) is 13.1. The molecule has 8 nitrogen and oxygen atoms in total. The maximum absolute atomic E-state index is 12.1. The van der Waals surface area contributed by atoms with E-state index in [1.807, 2.05) is 24.3 Å². The van der Waals surface area contributed by atoms with Crippen molar-refractivity contribution in [3.05, 3.63) is 36.2 Å². The number of rotatable bonds is 5. The van der Waals surface area contributed by atoms with Crippen LogP contribution in [0.2, 0.25) is 0 Å². The summed E-state index contributed by atoms with van der Waals surface area (Å²) < 4.78 is 1.55. The second kappa shape index (κ2) is 7.20. The molecule has 1 aliphatic carbocycles. The Labute approximate surface area is 138 Å². The van der Waals surface area contributed by atoms with Crippen molar-refractivity contribution in [2.24, 2.45) is 5.92 Å². The van der Waals surface area contributed by atoms with Crippen LogP contribution in [-0.2, 0) is 16.0 Å². The maximum Gasteiger partial charge on any atom is 0.306 e. The van der Waals surface area contributed by atoms with E-state index in [0.717, 1.165) is 24.1 Å². The van der Waals surface area contributed by atoms with Crippen LogP contribution in [0.1, 0.15) is 31.2 Å². The summed E-state index contributed by atoms with van der Waals surface area (Å²) >= 11 is 0. The van der Waals surface area contributed by atoms with Gasteiger partial charge >= 0.3 is 5.97 Å². The highest BCUT2D eigenvalue weighted by Gasteiger charge is 2.26. The number of hydrogen-bond acceptors (Lipinski definition) is 5. The van der Waals surface area contributed by atoms with Gasteiger partial charge in [0.15, 0.2) is 0 Å². The van der Waals surface area contributed by atoms with E-state index in [1.54, 1.807) is 4.68 Å². The molecular weight excluding hydrogens is 310 g/mol. The maximum atomic E-state index is 12.1. The van der Waals surface area contributed by atoms with Gasteiger partial charge in [-0.1, -0.05) is 12.1 Å². The van der Waals surface area contributed by atoms with E-state index in [1.165, 1.54) is 6.33 Å². The fourth-order valence-corrected chi connectivity index (χ4v) is 2.99. The summed E-state index contributed by atoms with van der Waals surface area (Å²) in [5.74, 6) is -1.04. The summed E-state index contributed by atoms with van der Waals surface area (Å²) in [5.41, 5.74) is 1.74. The summed E-state index contributed by atoms with van der Waals surface area (Å²) in [7, 11) is 0. The number of aliphatic carboxylic acids is 1. The highest BCUT2D eigenvalue weighted by molar-refractivity contribution is 5.79. The minimum Gasteiger partial charge on any atom is -0.481 e. The first-order valence-corrected chi connectivity index (χ1v) is 7.96. The molecular formula is C16H19N5O3. The van der Waals surface area contributed by atoms with Gasteiger partial charge in [-0.15, -0.1) is 5.10 Å². The van der Waals surface area contributed by atoms with Gasteiger partial charge in [-0.05, 0) is 53.8 Å². The first kappa shape index (κ1) is 16.1. The molecule has 1 saturated carbocycles. The molecule has 1 aromatic carbocycles. The highest BCUT2D eigenvalue weighted by Crippen LogP contribution is 2.24. The normalized spacial score (nSPS) is 20.5. The Morgan fingerprint density at radius 3 is 2.46 bits per heavy atom. The number of hydrogen-bond donors (Lipinski definition) is 2. The molecule has 2 aromatic rings. The van der Waals surface area contributed by atoms with E-state index in [2.05, 4.69) is 20.8 Å². The summed E-state index contributed by atoms with van der Waals surface area (Å²) in [6, 6.07) is 7.54. The molecule has 1 aliphatic rings. The van der Waals surface area contributed by atoms with Crippen molar-refractivity contribution in [2.45, 2.75) is 38.1 Å². The monoisotopic (exact) mass is 329 g/mol. The molecule has 0 unspecified atom stereocenters. The van der Waals surface area contributed by atoms with Crippen molar-refractivity contribution >= 4 is 11.9 Å². The third-order valence-electron chi connectivity index (χ3n) is 4.36. The van der Waals surface area contributed by atoms with Gasteiger partial charge in [0.2, 0.25) is 5.91 Å². The van der Waals surface area contributed by atoms with Crippen molar-refractivity contribution in [2.75, 3.05) is 0 Å². The summed E-state index contributed by atoms with van der Waals surface area (Å²) in [5, 5.41) is 23.0. The average molecular weight is 329 g/mol. The van der Waals surface area contributed by atoms with Crippen molar-refractivity contribution in [3.63, 3.8) is 0 Å². The van der Waals surface area contributed by atoms with Gasteiger partial charge in [-0.2, -0.15) is 0 Å². The van der Waals surface area contributed by atoms with E-state index < -0.39 is 5.97 Å². The Kier molecular flexibility index (Phi) is 4.83. The number of nitrogens with one attached hydrogen (secondary N) is 1. The standard InChI is InChI=1S/C16H19N5O3/c22-15(18-13-5-3-12(4-6-13)16(23)24)9-11-1-7-14(8-2-11)21-10-17-19-20-21/h1-2,7-8,10,12-13H,3-6,9H2,(H,18,22)(H,23,24). The highest BCUT2D eigenvalue weighted by atomic mass is 16.4. The fraction of sp³-hybridized carbons (Fsp3) is 0.438. The molecule has 1 amide bonds. The van der Waals surface area contributed by atoms with Gasteiger partial charge in [0.25, 0.3) is 0 Å². The third kappa shape index (κ3) is 3.95. The summed E-state index contributed by atoms with van der Waals surface area (Å²) in [4.78, 5) is 23.1. The first-order valence-electron chi connectivity index (χ1n) is 7.96. The lowest BCUT2D eigenvalue weighted by molar-refractivity contribution is -0.142. The Bertz CT molecular complexity index is 691. The van der Waals surface area contributed by atoms with Crippen LogP contribution in [0, 0.1) is 5.92 Å². The number of carboxylic acid groups (broad SMARTS) is 1. The number of amides is 1. The number of carbonyl (C=O) groups is 2. The number of carbonyl (C=O) groups excluding carboxylic acids is 1. The lowest BCUT2D eigenvalue weighted by Crippen LogP contribution is -2.39. The van der Waals surface area contributed by atoms with Gasteiger partial charge in [-0.3, -0.25) is 9.59 Å². The van der Waals surface area contributed by atoms with Crippen LogP contribution in [0.5, 0.6) is 0 Å². The number of nitrogens with zero attached hydrogens (tertiary/aromatic N) is 4. The molecule has 2 N–H and O–H groups in total. The molecule has 1 fully saturated rings. The summed E-state index contributed by atoms with van der Waals surface area (Å²) in [6.45, 7) is 0. The van der Waals surface area contributed by atoms with Gasteiger partial charge < -0.3 is 10.4 Å². The van der Waals surface area contributed by atoms with Gasteiger partial charge in [-0.25, -0.2) is 4.68 Å². The van der Waals surface area contributed by atoms with Crippen LogP contribution >= 0.6 is 0 Å². The van der Waals surface area contributed by atoms with Gasteiger partial charge in [0, 0.05) is 6.04 Å². The molecule has 24 heavy (non-hydrogen) atoms. The molecule has 0 aliphatic heterocycles. The number of carboxylic acids is 1. The molecule has 1 aromatic heterocycles. The zero-order valence-electron chi connectivity index (χ0n) is 13.1. The Hall–Kier alpha value is -2.77. The SMILES string of the molecule is O=C(Cc1ccc(-n2cnnn2)cc1)NC1CCC(C(=O)O)CC1. The van der Waals surface area contributed by atoms with Crippen molar-refractivity contribution in [1.29, 1.82) is 0 Å². The molecule has 0 spiro atoms. The molecule has 8 heteroatoms. The molecule has 0 atom stereocenters. The minimum absolute atomic E-state index is 0.0380. The van der Waals surface area contributed by atoms with Crippen molar-refractivity contribution < 1.29 is 14.7 Å². The van der Waals surface area contributed by atoms with E-state index in [0.29, 0.717) is 19.3 Å². The lowest BCUT2D eigenvalue weighted by atomic mass is 9.86. The van der Waals surface area contributed by atoms with Crippen LogP contribution in [0.3, 0.4) is 0 Å². The third-order valence-corrected chi connectivity index (χ3v) is 4.36. The van der Waals surface area contributed by atoms with Crippen LogP contribution in [0.4, 0.5) is 0 Å². The van der Waals surface area contributed by atoms with E-state index in [9.17, 15) is 9.59 Å². The minimum atomic E-state index is -0.734. The van der Waals surface area contributed by atoms with Crippen LogP contribution in [0.15, 0.2) is 30.6 Å². The van der Waals surface area contributed by atoms with Crippen LogP contribution in [-0.4, -0.2) is 43.2 Å². The van der Waals surface area contributed by atoms with Crippen molar-refractivity contribution in [3.8, 4) is 5.69 Å². The molecule has 3 rings (SSSR count). The van der Waals surface area contributed by atoms with Gasteiger partial charge in [0.1, 0.15) is 6.33 Å². The van der Waals surface area contributed by atoms with E-state index >= 15 is 0 Å². The van der Waals surface area contributed by atoms with E-state index in [-0.39, 0.29) is 17.9 Å². The van der Waals surface area contributed by atoms with Gasteiger partial charge in [0.05, 0.1) is 18.0 Å². The molecule has 0 bridgehead atoms. The molecule has 0 saturated heterocycles. The fourth-order valence-electron chi connectivity index (χ4n) is 2.99. The zero-order chi connectivity index (χ0) is 16.9. The Balaban J connectivity index is 1.49. The summed E-state index contributed by atoms with van der Waals surface area (Å²) in [6.07, 6.45) is 4.51. The van der Waals surface area contributed by atoms with Crippen LogP contribution < -0.4 is 5.32 Å². The second-order valence-corrected chi connectivity index (χ2v) is 6.05.